The van der Waals surface area contributed by atoms with Crippen molar-refractivity contribution in [3.63, 3.8) is 0 Å². The van der Waals surface area contributed by atoms with Crippen molar-refractivity contribution < 1.29 is 0 Å². The Kier molecular flexibility index (Phi) is 4.16. The van der Waals surface area contributed by atoms with Crippen LogP contribution in [0.2, 0.25) is 5.02 Å². The highest BCUT2D eigenvalue weighted by Gasteiger charge is 1.92. The average Bonchev–Trinajstić information content (AvgIpc) is 2.09. The van der Waals surface area contributed by atoms with Gasteiger partial charge in [-0.15, -0.1) is 0 Å². The summed E-state index contributed by atoms with van der Waals surface area (Å²) in [5.74, 6) is 0. The predicted octanol–water partition coefficient (Wildman–Crippen LogP) is 3.89. The van der Waals surface area contributed by atoms with E-state index in [1.165, 1.54) is 18.4 Å². The summed E-state index contributed by atoms with van der Waals surface area (Å²) in [6, 6.07) is 8.09. The van der Waals surface area contributed by atoms with E-state index in [2.05, 4.69) is 25.5 Å². The predicted molar refractivity (Wildman–Crippen MR) is 54.4 cm³/mol. The lowest BCUT2D eigenvalue weighted by atomic mass is 10.1. The molecule has 0 bridgehead atoms. The van der Waals surface area contributed by atoms with Gasteiger partial charge in [-0.05, 0) is 37.0 Å². The van der Waals surface area contributed by atoms with Crippen LogP contribution in [0.1, 0.15) is 25.3 Å². The van der Waals surface area contributed by atoms with E-state index < -0.39 is 0 Å². The molecule has 1 heteroatoms. The first-order chi connectivity index (χ1) is 5.83. The van der Waals surface area contributed by atoms with E-state index in [4.69, 9.17) is 11.6 Å². The quantitative estimate of drug-likeness (QED) is 0.619. The summed E-state index contributed by atoms with van der Waals surface area (Å²) in [5.41, 5.74) is 1.38. The van der Waals surface area contributed by atoms with Gasteiger partial charge in [-0.3, -0.25) is 0 Å². The summed E-state index contributed by atoms with van der Waals surface area (Å²) >= 11 is 5.77. The van der Waals surface area contributed by atoms with E-state index >= 15 is 0 Å². The third-order valence-electron chi connectivity index (χ3n) is 1.87. The zero-order valence-corrected chi connectivity index (χ0v) is 8.14. The van der Waals surface area contributed by atoms with Crippen LogP contribution >= 0.6 is 11.6 Å². The maximum atomic E-state index is 5.77. The molecule has 12 heavy (non-hydrogen) atoms. The fourth-order valence-electron chi connectivity index (χ4n) is 1.16. The third-order valence-corrected chi connectivity index (χ3v) is 2.12. The van der Waals surface area contributed by atoms with Crippen LogP contribution in [0.15, 0.2) is 24.3 Å². The molecular weight excluding hydrogens is 168 g/mol. The van der Waals surface area contributed by atoms with E-state index in [0.29, 0.717) is 0 Å². The minimum atomic E-state index is 0.820. The van der Waals surface area contributed by atoms with Gasteiger partial charge < -0.3 is 0 Å². The Morgan fingerprint density at radius 2 is 1.92 bits per heavy atom. The molecular formula is C11H14Cl. The van der Waals surface area contributed by atoms with Crippen LogP contribution in [0.5, 0.6) is 0 Å². The number of benzene rings is 1. The van der Waals surface area contributed by atoms with Gasteiger partial charge in [0.1, 0.15) is 0 Å². The van der Waals surface area contributed by atoms with Crippen LogP contribution in [-0.2, 0) is 6.42 Å². The lowest BCUT2D eigenvalue weighted by Gasteiger charge is -1.99. The molecule has 1 aromatic carbocycles. The first-order valence-electron chi connectivity index (χ1n) is 4.35. The molecule has 0 fully saturated rings. The van der Waals surface area contributed by atoms with Gasteiger partial charge in [0.05, 0.1) is 0 Å². The second-order valence-electron chi connectivity index (χ2n) is 2.93. The van der Waals surface area contributed by atoms with Crippen LogP contribution in [0, 0.1) is 6.42 Å². The molecule has 0 unspecified atom stereocenters. The molecule has 0 aromatic heterocycles. The van der Waals surface area contributed by atoms with Crippen LogP contribution < -0.4 is 0 Å². The molecule has 0 aliphatic rings. The molecule has 1 rings (SSSR count). The Morgan fingerprint density at radius 3 is 2.50 bits per heavy atom. The van der Waals surface area contributed by atoms with E-state index in [0.717, 1.165) is 11.4 Å². The zero-order valence-electron chi connectivity index (χ0n) is 7.39. The molecule has 0 atom stereocenters. The Hall–Kier alpha value is -0.490. The van der Waals surface area contributed by atoms with E-state index in [1.54, 1.807) is 0 Å². The first kappa shape index (κ1) is 9.60. The lowest BCUT2D eigenvalue weighted by molar-refractivity contribution is 0.808. The highest BCUT2D eigenvalue weighted by molar-refractivity contribution is 6.30. The molecule has 0 aliphatic heterocycles. The van der Waals surface area contributed by atoms with Crippen molar-refractivity contribution >= 4 is 11.6 Å². The van der Waals surface area contributed by atoms with Gasteiger partial charge in [0, 0.05) is 5.02 Å². The highest BCUT2D eigenvalue weighted by Crippen LogP contribution is 2.11. The first-order valence-corrected chi connectivity index (χ1v) is 4.73. The average molecular weight is 182 g/mol. The molecule has 0 aliphatic carbocycles. The molecule has 1 radical (unpaired) electrons. The van der Waals surface area contributed by atoms with Gasteiger partial charge in [-0.2, -0.15) is 0 Å². The topological polar surface area (TPSA) is 0 Å². The third kappa shape index (κ3) is 3.27. The van der Waals surface area contributed by atoms with Gasteiger partial charge >= 0.3 is 0 Å². The van der Waals surface area contributed by atoms with Crippen molar-refractivity contribution in [3.05, 3.63) is 41.3 Å². The lowest BCUT2D eigenvalue weighted by Crippen LogP contribution is -1.84. The summed E-state index contributed by atoms with van der Waals surface area (Å²) in [7, 11) is 0. The Balaban J connectivity index is 2.37. The van der Waals surface area contributed by atoms with Crippen molar-refractivity contribution in [2.24, 2.45) is 0 Å². The Morgan fingerprint density at radius 1 is 1.25 bits per heavy atom. The minimum Gasteiger partial charge on any atom is -0.0843 e. The number of hydrogen-bond donors (Lipinski definition) is 0. The second kappa shape index (κ2) is 5.21. The Labute approximate surface area is 79.6 Å². The van der Waals surface area contributed by atoms with E-state index in [9.17, 15) is 0 Å². The number of hydrogen-bond acceptors (Lipinski definition) is 0. The molecule has 0 amide bonds. The van der Waals surface area contributed by atoms with Gasteiger partial charge in [0.15, 0.2) is 0 Å². The van der Waals surface area contributed by atoms with Crippen molar-refractivity contribution in [1.29, 1.82) is 0 Å². The standard InChI is InChI=1S/C11H14Cl/c1-2-3-4-5-10-6-8-11(12)9-7-10/h2,6-9H,3-5H2,1H3. The SMILES string of the molecule is C[CH]CCCc1ccc(Cl)cc1. The summed E-state index contributed by atoms with van der Waals surface area (Å²) < 4.78 is 0. The van der Waals surface area contributed by atoms with E-state index in [-0.39, 0.29) is 0 Å². The van der Waals surface area contributed by atoms with Crippen LogP contribution in [0.4, 0.5) is 0 Å². The fraction of sp³-hybridized carbons (Fsp3) is 0.364. The van der Waals surface area contributed by atoms with E-state index in [1.807, 2.05) is 12.1 Å². The van der Waals surface area contributed by atoms with Gasteiger partial charge in [-0.1, -0.05) is 37.1 Å². The number of rotatable bonds is 4. The van der Waals surface area contributed by atoms with Crippen LogP contribution in [0.3, 0.4) is 0 Å². The van der Waals surface area contributed by atoms with Gasteiger partial charge in [-0.25, -0.2) is 0 Å². The highest BCUT2D eigenvalue weighted by atomic mass is 35.5. The molecule has 0 nitrogen and oxygen atoms in total. The number of halogens is 1. The molecule has 1 aromatic rings. The number of unbranched alkanes of at least 4 members (excludes halogenated alkanes) is 2. The minimum absolute atomic E-state index is 0.820. The molecule has 0 spiro atoms. The maximum absolute atomic E-state index is 5.77. The zero-order chi connectivity index (χ0) is 8.81. The maximum Gasteiger partial charge on any atom is 0.0406 e. The van der Waals surface area contributed by atoms with Gasteiger partial charge in [0.25, 0.3) is 0 Å². The van der Waals surface area contributed by atoms with Crippen molar-refractivity contribution in [1.82, 2.24) is 0 Å². The summed E-state index contributed by atoms with van der Waals surface area (Å²) in [4.78, 5) is 0. The number of aryl methyl sites for hydroxylation is 1. The normalized spacial score (nSPS) is 10.2. The summed E-state index contributed by atoms with van der Waals surface area (Å²) in [5, 5.41) is 0.820. The smallest absolute Gasteiger partial charge is 0.0406 e. The molecule has 65 valence electrons. The molecule has 0 N–H and O–H groups in total. The monoisotopic (exact) mass is 181 g/mol. The van der Waals surface area contributed by atoms with Gasteiger partial charge in [0.2, 0.25) is 0 Å². The van der Waals surface area contributed by atoms with Crippen LogP contribution in [0.25, 0.3) is 0 Å². The van der Waals surface area contributed by atoms with Crippen molar-refractivity contribution in [2.75, 3.05) is 0 Å². The molecule has 0 saturated heterocycles. The van der Waals surface area contributed by atoms with Crippen molar-refractivity contribution in [3.8, 4) is 0 Å². The van der Waals surface area contributed by atoms with Crippen LogP contribution in [-0.4, -0.2) is 0 Å². The largest absolute Gasteiger partial charge is 0.0843 e. The summed E-state index contributed by atoms with van der Waals surface area (Å²) in [6.45, 7) is 2.10. The van der Waals surface area contributed by atoms with Crippen molar-refractivity contribution in [2.45, 2.75) is 26.2 Å². The molecule has 0 heterocycles. The summed E-state index contributed by atoms with van der Waals surface area (Å²) in [6.07, 6.45) is 5.79. The second-order valence-corrected chi connectivity index (χ2v) is 3.36. The Bertz CT molecular complexity index is 213. The fourth-order valence-corrected chi connectivity index (χ4v) is 1.29. The molecule has 0 saturated carbocycles.